The molecule has 3 aromatic rings. The van der Waals surface area contributed by atoms with Crippen molar-refractivity contribution in [1.82, 2.24) is 0 Å². The summed E-state index contributed by atoms with van der Waals surface area (Å²) < 4.78 is 18.8. The smallest absolute Gasteiger partial charge is 0.231 e. The molecular formula is C20H18ClNO4. The van der Waals surface area contributed by atoms with Crippen molar-refractivity contribution < 1.29 is 36.3 Å². The van der Waals surface area contributed by atoms with Gasteiger partial charge in [-0.15, -0.1) is 0 Å². The summed E-state index contributed by atoms with van der Waals surface area (Å²) in [7, 11) is 0. The third-order valence-electron chi connectivity index (χ3n) is 4.86. The molecule has 0 atom stereocenters. The molecule has 0 saturated carbocycles. The van der Waals surface area contributed by atoms with Gasteiger partial charge in [-0.1, -0.05) is 0 Å². The summed E-state index contributed by atoms with van der Waals surface area (Å²) in [5, 5.41) is 12.2. The van der Waals surface area contributed by atoms with Crippen LogP contribution in [0.25, 0.3) is 22.0 Å². The Balaban J connectivity index is 0.00000168. The maximum Gasteiger partial charge on any atom is 0.231 e. The van der Waals surface area contributed by atoms with Crippen LogP contribution in [0.5, 0.6) is 23.0 Å². The van der Waals surface area contributed by atoms with Gasteiger partial charge in [-0.3, -0.25) is 0 Å². The van der Waals surface area contributed by atoms with Gasteiger partial charge in [0.05, 0.1) is 12.2 Å². The number of pyridine rings is 1. The van der Waals surface area contributed by atoms with Gasteiger partial charge in [0, 0.05) is 17.9 Å². The second-order valence-electron chi connectivity index (χ2n) is 6.35. The summed E-state index contributed by atoms with van der Waals surface area (Å²) in [4.78, 5) is 0. The van der Waals surface area contributed by atoms with Crippen LogP contribution in [0.2, 0.25) is 0 Å². The van der Waals surface area contributed by atoms with Gasteiger partial charge in [0.15, 0.2) is 35.7 Å². The lowest BCUT2D eigenvalue weighted by atomic mass is 9.95. The zero-order valence-electron chi connectivity index (χ0n) is 14.3. The minimum atomic E-state index is 0. The predicted octanol–water partition coefficient (Wildman–Crippen LogP) is 0.187. The van der Waals surface area contributed by atoms with Gasteiger partial charge in [-0.25, -0.2) is 0 Å². The SMILES string of the molecule is CCOc1cc2c[n+]3c(cc2cc1O)-c1cc2c(cc1CC3)OCO2.[Cl-]. The van der Waals surface area contributed by atoms with Crippen molar-refractivity contribution in [3.05, 3.63) is 42.1 Å². The van der Waals surface area contributed by atoms with Crippen LogP contribution in [-0.2, 0) is 13.0 Å². The summed E-state index contributed by atoms with van der Waals surface area (Å²) in [6, 6.07) is 9.92. The van der Waals surface area contributed by atoms with E-state index in [9.17, 15) is 5.11 Å². The van der Waals surface area contributed by atoms with Crippen LogP contribution < -0.4 is 31.2 Å². The highest BCUT2D eigenvalue weighted by atomic mass is 35.5. The molecule has 5 rings (SSSR count). The quantitative estimate of drug-likeness (QED) is 0.653. The first-order valence-corrected chi connectivity index (χ1v) is 8.49. The Bertz CT molecular complexity index is 1020. The Hall–Kier alpha value is -2.66. The summed E-state index contributed by atoms with van der Waals surface area (Å²) in [5.74, 6) is 2.31. The van der Waals surface area contributed by atoms with Gasteiger partial charge < -0.3 is 31.7 Å². The number of ether oxygens (including phenoxy) is 3. The van der Waals surface area contributed by atoms with Gasteiger partial charge in [0.2, 0.25) is 12.5 Å². The van der Waals surface area contributed by atoms with Gasteiger partial charge in [-0.05, 0) is 42.1 Å². The lowest BCUT2D eigenvalue weighted by Crippen LogP contribution is -3.00. The van der Waals surface area contributed by atoms with Crippen molar-refractivity contribution >= 4 is 10.8 Å². The van der Waals surface area contributed by atoms with Crippen molar-refractivity contribution in [2.75, 3.05) is 13.4 Å². The van der Waals surface area contributed by atoms with Crippen LogP contribution in [0.4, 0.5) is 0 Å². The number of benzene rings is 2. The van der Waals surface area contributed by atoms with Crippen molar-refractivity contribution in [2.45, 2.75) is 19.9 Å². The largest absolute Gasteiger partial charge is 1.00 e. The van der Waals surface area contributed by atoms with Crippen LogP contribution in [-0.4, -0.2) is 18.5 Å². The zero-order chi connectivity index (χ0) is 17.0. The molecule has 6 heteroatoms. The zero-order valence-corrected chi connectivity index (χ0v) is 15.0. The number of aryl methyl sites for hydroxylation is 2. The molecule has 1 aromatic heterocycles. The first-order chi connectivity index (χ1) is 12.2. The Kier molecular flexibility index (Phi) is 4.04. The van der Waals surface area contributed by atoms with E-state index in [1.54, 1.807) is 6.07 Å². The van der Waals surface area contributed by atoms with Crippen molar-refractivity contribution in [3.63, 3.8) is 0 Å². The molecule has 0 bridgehead atoms. The summed E-state index contributed by atoms with van der Waals surface area (Å²) in [5.41, 5.74) is 3.54. The fraction of sp³-hybridized carbons (Fsp3) is 0.250. The molecule has 134 valence electrons. The van der Waals surface area contributed by atoms with Crippen molar-refractivity contribution in [3.8, 4) is 34.3 Å². The molecule has 0 fully saturated rings. The minimum absolute atomic E-state index is 0. The molecular weight excluding hydrogens is 354 g/mol. The highest BCUT2D eigenvalue weighted by Crippen LogP contribution is 2.40. The molecule has 5 nitrogen and oxygen atoms in total. The normalized spacial score (nSPS) is 13.7. The van der Waals surface area contributed by atoms with Crippen LogP contribution in [0.15, 0.2) is 36.5 Å². The van der Waals surface area contributed by atoms with Gasteiger partial charge in [-0.2, -0.15) is 4.57 Å². The Morgan fingerprint density at radius 2 is 1.88 bits per heavy atom. The Morgan fingerprint density at radius 3 is 2.69 bits per heavy atom. The lowest BCUT2D eigenvalue weighted by Gasteiger charge is -2.16. The van der Waals surface area contributed by atoms with Crippen LogP contribution in [0, 0.1) is 0 Å². The molecule has 0 unspecified atom stereocenters. The number of aromatic nitrogens is 1. The molecule has 1 N–H and O–H groups in total. The van der Waals surface area contributed by atoms with E-state index in [2.05, 4.69) is 29.0 Å². The van der Waals surface area contributed by atoms with Crippen molar-refractivity contribution in [1.29, 1.82) is 0 Å². The summed E-state index contributed by atoms with van der Waals surface area (Å²) in [6.07, 6.45) is 3.08. The van der Waals surface area contributed by atoms with E-state index in [1.165, 1.54) is 5.56 Å². The van der Waals surface area contributed by atoms with Crippen molar-refractivity contribution in [2.24, 2.45) is 0 Å². The number of phenols is 1. The molecule has 0 spiro atoms. The van der Waals surface area contributed by atoms with E-state index in [0.717, 1.165) is 46.5 Å². The summed E-state index contributed by atoms with van der Waals surface area (Å²) >= 11 is 0. The average molecular weight is 372 g/mol. The van der Waals surface area contributed by atoms with E-state index in [1.807, 2.05) is 13.0 Å². The first-order valence-electron chi connectivity index (χ1n) is 8.49. The van der Waals surface area contributed by atoms with E-state index in [4.69, 9.17) is 14.2 Å². The molecule has 0 radical (unpaired) electrons. The molecule has 0 aliphatic carbocycles. The van der Waals surface area contributed by atoms with E-state index >= 15 is 0 Å². The maximum absolute atomic E-state index is 10.2. The van der Waals surface area contributed by atoms with Gasteiger partial charge in [0.1, 0.15) is 0 Å². The summed E-state index contributed by atoms with van der Waals surface area (Å²) in [6.45, 7) is 3.62. The molecule has 0 amide bonds. The number of nitrogens with zero attached hydrogens (tertiary/aromatic N) is 1. The Morgan fingerprint density at radius 1 is 1.08 bits per heavy atom. The van der Waals surface area contributed by atoms with Gasteiger partial charge in [0.25, 0.3) is 0 Å². The van der Waals surface area contributed by atoms with E-state index in [0.29, 0.717) is 12.4 Å². The topological polar surface area (TPSA) is 51.8 Å². The number of hydrogen-bond acceptors (Lipinski definition) is 4. The molecule has 3 heterocycles. The number of hydrogen-bond donors (Lipinski definition) is 1. The number of phenolic OH excluding ortho intramolecular Hbond substituents is 1. The monoisotopic (exact) mass is 371 g/mol. The van der Waals surface area contributed by atoms with Crippen LogP contribution >= 0.6 is 0 Å². The van der Waals surface area contributed by atoms with Gasteiger partial charge >= 0.3 is 0 Å². The highest BCUT2D eigenvalue weighted by molar-refractivity contribution is 5.87. The number of fused-ring (bicyclic) bond motifs is 5. The lowest BCUT2D eigenvalue weighted by molar-refractivity contribution is -0.686. The molecule has 26 heavy (non-hydrogen) atoms. The molecule has 2 aliphatic rings. The minimum Gasteiger partial charge on any atom is -1.00 e. The first kappa shape index (κ1) is 16.8. The third-order valence-corrected chi connectivity index (χ3v) is 4.86. The molecule has 2 aromatic carbocycles. The standard InChI is InChI=1S/C20H17NO4.ClH/c1-2-23-18-8-14-10-21-4-3-12-7-19-20(25-11-24-19)9-15(12)16(21)5-13(14)6-17(18)22;/h5-10H,2-4,11H2,1H3;1H. The maximum atomic E-state index is 10.2. The van der Waals surface area contributed by atoms with E-state index < -0.39 is 0 Å². The fourth-order valence-electron chi connectivity index (χ4n) is 3.66. The van der Waals surface area contributed by atoms with Crippen LogP contribution in [0.3, 0.4) is 0 Å². The number of aromatic hydroxyl groups is 1. The fourth-order valence-corrected chi connectivity index (χ4v) is 3.66. The van der Waals surface area contributed by atoms with Crippen LogP contribution in [0.1, 0.15) is 12.5 Å². The van der Waals surface area contributed by atoms with E-state index in [-0.39, 0.29) is 24.9 Å². The average Bonchev–Trinajstić information content (AvgIpc) is 3.07. The number of halogens is 1. The molecule has 0 saturated heterocycles. The molecule has 2 aliphatic heterocycles. The third kappa shape index (κ3) is 2.51. The second-order valence-corrected chi connectivity index (χ2v) is 6.35. The predicted molar refractivity (Wildman–Crippen MR) is 92.2 cm³/mol. The second kappa shape index (κ2) is 6.25. The Labute approximate surface area is 157 Å². The highest BCUT2D eigenvalue weighted by Gasteiger charge is 2.27. The number of rotatable bonds is 2.